The number of aromatic carboxylic acids is 1. The second kappa shape index (κ2) is 4.75. The van der Waals surface area contributed by atoms with E-state index in [0.717, 1.165) is 10.6 Å². The predicted octanol–water partition coefficient (Wildman–Crippen LogP) is 2.81. The van der Waals surface area contributed by atoms with E-state index in [-0.39, 0.29) is 16.3 Å². The molecule has 0 atom stereocenters. The number of rotatable bonds is 2. The summed E-state index contributed by atoms with van der Waals surface area (Å²) in [6.45, 7) is 0. The smallest absolute Gasteiger partial charge is 0.335 e. The van der Waals surface area contributed by atoms with E-state index >= 15 is 0 Å². The fraction of sp³-hybridized carbons (Fsp3) is 0. The molecular weight excluding hydrogens is 299 g/mol. The van der Waals surface area contributed by atoms with E-state index in [2.05, 4.69) is 4.98 Å². The van der Waals surface area contributed by atoms with Crippen molar-refractivity contribution in [3.8, 4) is 5.69 Å². The zero-order valence-electron chi connectivity index (χ0n) is 10.4. The summed E-state index contributed by atoms with van der Waals surface area (Å²) in [5.74, 6) is -1.75. The molecule has 0 bridgehead atoms. The molecule has 0 saturated carbocycles. The molecule has 0 aliphatic carbocycles. The number of nitrogens with zero attached hydrogens (tertiary/aromatic N) is 1. The molecule has 3 rings (SSSR count). The lowest BCUT2D eigenvalue weighted by Crippen LogP contribution is -2.15. The minimum absolute atomic E-state index is 0.0347. The molecule has 2 N–H and O–H groups in total. The molecule has 5 nitrogen and oxygen atoms in total. The number of imidazole rings is 1. The average molecular weight is 307 g/mol. The van der Waals surface area contributed by atoms with Crippen LogP contribution in [-0.4, -0.2) is 20.6 Å². The largest absolute Gasteiger partial charge is 0.478 e. The first kappa shape index (κ1) is 13.4. The predicted molar refractivity (Wildman–Crippen MR) is 75.8 cm³/mol. The number of carboxylic acid groups (broad SMARTS) is 1. The Balaban J connectivity index is 2.30. The van der Waals surface area contributed by atoms with Crippen LogP contribution in [0.15, 0.2) is 41.2 Å². The van der Waals surface area contributed by atoms with Crippen LogP contribution in [0.4, 0.5) is 4.39 Å². The quantitative estimate of drug-likeness (QED) is 0.764. The molecule has 0 unspecified atom stereocenters. The van der Waals surface area contributed by atoms with Gasteiger partial charge < -0.3 is 10.1 Å². The number of H-pyrrole nitrogens is 1. The number of benzene rings is 2. The molecule has 106 valence electrons. The third-order valence-electron chi connectivity index (χ3n) is 3.08. The number of aromatic nitrogens is 2. The van der Waals surface area contributed by atoms with Gasteiger partial charge in [0.2, 0.25) is 0 Å². The van der Waals surface area contributed by atoms with E-state index in [0.29, 0.717) is 11.0 Å². The molecule has 0 spiro atoms. The zero-order chi connectivity index (χ0) is 15.1. The molecule has 3 aromatic rings. The minimum Gasteiger partial charge on any atom is -0.478 e. The van der Waals surface area contributed by atoms with Crippen LogP contribution in [0.3, 0.4) is 0 Å². The van der Waals surface area contributed by atoms with Crippen molar-refractivity contribution in [2.45, 2.75) is 0 Å². The number of fused-ring (bicyclic) bond motifs is 1. The summed E-state index contributed by atoms with van der Waals surface area (Å²) in [7, 11) is 0. The number of hydrogen-bond acceptors (Lipinski definition) is 2. The Kier molecular flexibility index (Phi) is 3.03. The Morgan fingerprint density at radius 3 is 2.67 bits per heavy atom. The van der Waals surface area contributed by atoms with Crippen LogP contribution in [0.5, 0.6) is 0 Å². The highest BCUT2D eigenvalue weighted by Gasteiger charge is 2.14. The van der Waals surface area contributed by atoms with E-state index in [1.807, 2.05) is 0 Å². The van der Waals surface area contributed by atoms with Gasteiger partial charge in [-0.05, 0) is 36.4 Å². The first-order chi connectivity index (χ1) is 9.97. The number of carbonyl (C=O) groups is 1. The number of nitrogens with one attached hydrogen (secondary N) is 1. The monoisotopic (exact) mass is 306 g/mol. The Morgan fingerprint density at radius 2 is 2.00 bits per heavy atom. The standard InChI is InChI=1S/C14H8ClFN2O3/c15-8-2-4-11(9(16)6-8)18-12-3-1-7(13(19)20)5-10(12)17-14(18)21/h1-6H,(H,17,21)(H,19,20). The molecule has 0 aliphatic rings. The van der Waals surface area contributed by atoms with Crippen molar-refractivity contribution in [2.75, 3.05) is 0 Å². The first-order valence-corrected chi connectivity index (χ1v) is 6.28. The molecule has 1 aromatic heterocycles. The van der Waals surface area contributed by atoms with Gasteiger partial charge in [-0.15, -0.1) is 0 Å². The number of hydrogen-bond donors (Lipinski definition) is 2. The Bertz CT molecular complexity index is 930. The van der Waals surface area contributed by atoms with Gasteiger partial charge in [0.25, 0.3) is 0 Å². The summed E-state index contributed by atoms with van der Waals surface area (Å²) in [6.07, 6.45) is 0. The molecule has 21 heavy (non-hydrogen) atoms. The second-order valence-corrected chi connectivity index (χ2v) is 4.83. The molecule has 7 heteroatoms. The third kappa shape index (κ3) is 2.19. The van der Waals surface area contributed by atoms with Crippen molar-refractivity contribution < 1.29 is 14.3 Å². The minimum atomic E-state index is -1.11. The van der Waals surface area contributed by atoms with Gasteiger partial charge in [0.15, 0.2) is 0 Å². The summed E-state index contributed by atoms with van der Waals surface area (Å²) < 4.78 is 15.1. The van der Waals surface area contributed by atoms with Gasteiger partial charge in [-0.3, -0.25) is 4.57 Å². The van der Waals surface area contributed by atoms with E-state index in [4.69, 9.17) is 16.7 Å². The topological polar surface area (TPSA) is 75.1 Å². The van der Waals surface area contributed by atoms with Crippen LogP contribution in [0.25, 0.3) is 16.7 Å². The average Bonchev–Trinajstić information content (AvgIpc) is 2.74. The molecule has 0 aliphatic heterocycles. The maximum absolute atomic E-state index is 14.0. The Labute approximate surface area is 122 Å². The summed E-state index contributed by atoms with van der Waals surface area (Å²) in [5, 5.41) is 9.16. The van der Waals surface area contributed by atoms with Gasteiger partial charge in [-0.25, -0.2) is 14.0 Å². The van der Waals surface area contributed by atoms with Gasteiger partial charge in [0.05, 0.1) is 22.3 Å². The Hall–Kier alpha value is -2.60. The van der Waals surface area contributed by atoms with Gasteiger partial charge >= 0.3 is 11.7 Å². The van der Waals surface area contributed by atoms with Gasteiger partial charge in [-0.2, -0.15) is 0 Å². The maximum atomic E-state index is 14.0. The third-order valence-corrected chi connectivity index (χ3v) is 3.31. The zero-order valence-corrected chi connectivity index (χ0v) is 11.2. The Morgan fingerprint density at radius 1 is 1.24 bits per heavy atom. The summed E-state index contributed by atoms with van der Waals surface area (Å²) in [6, 6.07) is 8.08. The molecule has 0 fully saturated rings. The van der Waals surface area contributed by atoms with E-state index in [1.54, 1.807) is 0 Å². The van der Waals surface area contributed by atoms with E-state index in [1.165, 1.54) is 30.3 Å². The molecule has 0 amide bonds. The number of carboxylic acids is 1. The SMILES string of the molecule is O=C(O)c1ccc2c(c1)[nH]c(=O)n2-c1ccc(Cl)cc1F. The second-order valence-electron chi connectivity index (χ2n) is 4.40. The molecular formula is C14H8ClFN2O3. The van der Waals surface area contributed by atoms with Crippen LogP contribution in [0, 0.1) is 5.82 Å². The fourth-order valence-electron chi connectivity index (χ4n) is 2.15. The lowest BCUT2D eigenvalue weighted by molar-refractivity contribution is 0.0697. The van der Waals surface area contributed by atoms with Crippen LogP contribution in [0.2, 0.25) is 5.02 Å². The lowest BCUT2D eigenvalue weighted by atomic mass is 10.2. The first-order valence-electron chi connectivity index (χ1n) is 5.91. The van der Waals surface area contributed by atoms with Crippen LogP contribution < -0.4 is 5.69 Å². The highest BCUT2D eigenvalue weighted by molar-refractivity contribution is 6.30. The van der Waals surface area contributed by atoms with Gasteiger partial charge in [-0.1, -0.05) is 11.6 Å². The summed E-state index contributed by atoms with van der Waals surface area (Å²) >= 11 is 5.69. The number of halogens is 2. The van der Waals surface area contributed by atoms with Crippen molar-refractivity contribution in [1.82, 2.24) is 9.55 Å². The van der Waals surface area contributed by atoms with Crippen LogP contribution in [0.1, 0.15) is 10.4 Å². The van der Waals surface area contributed by atoms with Crippen molar-refractivity contribution in [2.24, 2.45) is 0 Å². The molecule has 0 saturated heterocycles. The summed E-state index contributed by atoms with van der Waals surface area (Å²) in [4.78, 5) is 25.4. The van der Waals surface area contributed by atoms with Crippen LogP contribution in [-0.2, 0) is 0 Å². The highest BCUT2D eigenvalue weighted by atomic mass is 35.5. The molecule has 0 radical (unpaired) electrons. The normalized spacial score (nSPS) is 11.0. The maximum Gasteiger partial charge on any atom is 0.335 e. The van der Waals surface area contributed by atoms with Crippen LogP contribution >= 0.6 is 11.6 Å². The van der Waals surface area contributed by atoms with Crippen molar-refractivity contribution in [3.63, 3.8) is 0 Å². The molecule has 1 heterocycles. The van der Waals surface area contributed by atoms with Gasteiger partial charge in [0.1, 0.15) is 5.82 Å². The van der Waals surface area contributed by atoms with Crippen molar-refractivity contribution in [3.05, 3.63) is 63.3 Å². The fourth-order valence-corrected chi connectivity index (χ4v) is 2.31. The van der Waals surface area contributed by atoms with Crippen molar-refractivity contribution >= 4 is 28.6 Å². The number of aromatic amines is 1. The van der Waals surface area contributed by atoms with E-state index in [9.17, 15) is 14.0 Å². The highest BCUT2D eigenvalue weighted by Crippen LogP contribution is 2.21. The molecule has 2 aromatic carbocycles. The van der Waals surface area contributed by atoms with Gasteiger partial charge in [0, 0.05) is 5.02 Å². The van der Waals surface area contributed by atoms with Crippen molar-refractivity contribution in [1.29, 1.82) is 0 Å². The summed E-state index contributed by atoms with van der Waals surface area (Å²) in [5.41, 5.74) is 0.209. The van der Waals surface area contributed by atoms with E-state index < -0.39 is 17.5 Å². The lowest BCUT2D eigenvalue weighted by Gasteiger charge is -2.05.